The standard InChI is InChI=1S/C10H14FNO/c1-10(2,3)13-7-8-4-9(11)6-12-5-8/h4-6H,7H2,1-3H3. The van der Waals surface area contributed by atoms with Gasteiger partial charge in [-0.2, -0.15) is 0 Å². The Morgan fingerprint density at radius 2 is 2.08 bits per heavy atom. The van der Waals surface area contributed by atoms with E-state index in [-0.39, 0.29) is 11.4 Å². The number of pyridine rings is 1. The Morgan fingerprint density at radius 3 is 2.62 bits per heavy atom. The molecule has 0 atom stereocenters. The summed E-state index contributed by atoms with van der Waals surface area (Å²) >= 11 is 0. The number of hydrogen-bond acceptors (Lipinski definition) is 2. The van der Waals surface area contributed by atoms with Crippen LogP contribution in [0.4, 0.5) is 4.39 Å². The van der Waals surface area contributed by atoms with E-state index in [9.17, 15) is 4.39 Å². The van der Waals surface area contributed by atoms with Gasteiger partial charge in [0.15, 0.2) is 0 Å². The average molecular weight is 183 g/mol. The summed E-state index contributed by atoms with van der Waals surface area (Å²) in [6.45, 7) is 6.27. The van der Waals surface area contributed by atoms with Crippen LogP contribution in [0.25, 0.3) is 0 Å². The van der Waals surface area contributed by atoms with Crippen LogP contribution in [0.15, 0.2) is 18.5 Å². The number of halogens is 1. The normalized spacial score (nSPS) is 11.7. The van der Waals surface area contributed by atoms with Crippen LogP contribution in [0.5, 0.6) is 0 Å². The first kappa shape index (κ1) is 10.1. The molecule has 0 saturated heterocycles. The van der Waals surface area contributed by atoms with Crippen molar-refractivity contribution in [1.29, 1.82) is 0 Å². The van der Waals surface area contributed by atoms with Gasteiger partial charge in [0.05, 0.1) is 18.4 Å². The van der Waals surface area contributed by atoms with Crippen LogP contribution >= 0.6 is 0 Å². The molecular weight excluding hydrogens is 169 g/mol. The molecule has 3 heteroatoms. The van der Waals surface area contributed by atoms with Crippen molar-refractivity contribution in [2.24, 2.45) is 0 Å². The van der Waals surface area contributed by atoms with Crippen molar-refractivity contribution in [3.63, 3.8) is 0 Å². The Morgan fingerprint density at radius 1 is 1.38 bits per heavy atom. The van der Waals surface area contributed by atoms with Gasteiger partial charge in [0.1, 0.15) is 5.82 Å². The molecule has 72 valence electrons. The van der Waals surface area contributed by atoms with E-state index in [1.54, 1.807) is 6.20 Å². The molecule has 1 aromatic rings. The van der Waals surface area contributed by atoms with Crippen LogP contribution in [0, 0.1) is 5.82 Å². The van der Waals surface area contributed by atoms with Gasteiger partial charge < -0.3 is 4.74 Å². The lowest BCUT2D eigenvalue weighted by Crippen LogP contribution is -2.18. The van der Waals surface area contributed by atoms with Crippen molar-refractivity contribution in [3.05, 3.63) is 29.8 Å². The van der Waals surface area contributed by atoms with Crippen LogP contribution in [0.1, 0.15) is 26.3 Å². The van der Waals surface area contributed by atoms with Crippen LogP contribution in [-0.4, -0.2) is 10.6 Å². The van der Waals surface area contributed by atoms with Gasteiger partial charge in [0.25, 0.3) is 0 Å². The molecule has 0 radical (unpaired) electrons. The van der Waals surface area contributed by atoms with Gasteiger partial charge in [0, 0.05) is 6.20 Å². The molecule has 0 bridgehead atoms. The largest absolute Gasteiger partial charge is 0.371 e. The molecule has 2 nitrogen and oxygen atoms in total. The maximum Gasteiger partial charge on any atom is 0.141 e. The monoisotopic (exact) mass is 183 g/mol. The number of hydrogen-bond donors (Lipinski definition) is 0. The van der Waals surface area contributed by atoms with Crippen molar-refractivity contribution >= 4 is 0 Å². The van der Waals surface area contributed by atoms with Crippen molar-refractivity contribution < 1.29 is 9.13 Å². The van der Waals surface area contributed by atoms with Crippen molar-refractivity contribution in [1.82, 2.24) is 4.98 Å². The van der Waals surface area contributed by atoms with E-state index in [4.69, 9.17) is 4.74 Å². The lowest BCUT2D eigenvalue weighted by Gasteiger charge is -2.19. The van der Waals surface area contributed by atoms with E-state index in [0.29, 0.717) is 6.61 Å². The molecule has 0 amide bonds. The van der Waals surface area contributed by atoms with E-state index >= 15 is 0 Å². The quantitative estimate of drug-likeness (QED) is 0.703. The number of rotatable bonds is 2. The van der Waals surface area contributed by atoms with Gasteiger partial charge in [0.2, 0.25) is 0 Å². The predicted molar refractivity (Wildman–Crippen MR) is 48.7 cm³/mol. The summed E-state index contributed by atoms with van der Waals surface area (Å²) in [7, 11) is 0. The highest BCUT2D eigenvalue weighted by Gasteiger charge is 2.10. The molecule has 0 unspecified atom stereocenters. The number of nitrogens with zero attached hydrogens (tertiary/aromatic N) is 1. The van der Waals surface area contributed by atoms with Gasteiger partial charge in [-0.3, -0.25) is 4.98 Å². The highest BCUT2D eigenvalue weighted by Crippen LogP contribution is 2.11. The fourth-order valence-electron chi connectivity index (χ4n) is 0.835. The molecule has 1 rings (SSSR count). The lowest BCUT2D eigenvalue weighted by atomic mass is 10.2. The molecule has 0 aromatic carbocycles. The fourth-order valence-corrected chi connectivity index (χ4v) is 0.835. The minimum atomic E-state index is -0.324. The Balaban J connectivity index is 2.55. The Bertz CT molecular complexity index is 280. The Labute approximate surface area is 77.8 Å². The van der Waals surface area contributed by atoms with E-state index in [1.807, 2.05) is 20.8 Å². The zero-order chi connectivity index (χ0) is 9.90. The fraction of sp³-hybridized carbons (Fsp3) is 0.500. The van der Waals surface area contributed by atoms with Gasteiger partial charge in [-0.05, 0) is 32.4 Å². The van der Waals surface area contributed by atoms with Gasteiger partial charge in [-0.1, -0.05) is 0 Å². The molecular formula is C10H14FNO. The summed E-state index contributed by atoms with van der Waals surface area (Å²) in [5.74, 6) is -0.324. The van der Waals surface area contributed by atoms with Crippen molar-refractivity contribution in [2.45, 2.75) is 33.0 Å². The second-order valence-corrected chi connectivity index (χ2v) is 3.91. The van der Waals surface area contributed by atoms with Crippen LogP contribution in [0.2, 0.25) is 0 Å². The Kier molecular flexibility index (Phi) is 2.98. The van der Waals surface area contributed by atoms with Crippen LogP contribution < -0.4 is 0 Å². The molecule has 0 aliphatic heterocycles. The highest BCUT2D eigenvalue weighted by atomic mass is 19.1. The lowest BCUT2D eigenvalue weighted by molar-refractivity contribution is -0.0151. The average Bonchev–Trinajstić information content (AvgIpc) is 2.00. The molecule has 0 saturated carbocycles. The van der Waals surface area contributed by atoms with Crippen molar-refractivity contribution in [3.8, 4) is 0 Å². The smallest absolute Gasteiger partial charge is 0.141 e. The zero-order valence-electron chi connectivity index (χ0n) is 8.17. The molecule has 0 N–H and O–H groups in total. The number of ether oxygens (including phenoxy) is 1. The molecule has 0 aliphatic rings. The summed E-state index contributed by atoms with van der Waals surface area (Å²) in [6.07, 6.45) is 2.79. The van der Waals surface area contributed by atoms with E-state index in [2.05, 4.69) is 4.98 Å². The molecule has 0 aliphatic carbocycles. The third-order valence-electron chi connectivity index (χ3n) is 1.43. The van der Waals surface area contributed by atoms with Crippen molar-refractivity contribution in [2.75, 3.05) is 0 Å². The summed E-state index contributed by atoms with van der Waals surface area (Å²) < 4.78 is 18.1. The third-order valence-corrected chi connectivity index (χ3v) is 1.43. The Hall–Kier alpha value is -0.960. The van der Waals surface area contributed by atoms with Gasteiger partial charge in [-0.25, -0.2) is 4.39 Å². The minimum Gasteiger partial charge on any atom is -0.371 e. The molecule has 1 aromatic heterocycles. The highest BCUT2D eigenvalue weighted by molar-refractivity contribution is 5.08. The first-order chi connectivity index (χ1) is 5.97. The maximum absolute atomic E-state index is 12.7. The van der Waals surface area contributed by atoms with E-state index in [1.165, 1.54) is 12.3 Å². The molecule has 0 spiro atoms. The predicted octanol–water partition coefficient (Wildman–Crippen LogP) is 2.54. The SMILES string of the molecule is CC(C)(C)OCc1cncc(F)c1. The van der Waals surface area contributed by atoms with Crippen LogP contribution in [-0.2, 0) is 11.3 Å². The topological polar surface area (TPSA) is 22.1 Å². The molecule has 1 heterocycles. The van der Waals surface area contributed by atoms with E-state index < -0.39 is 0 Å². The summed E-state index contributed by atoms with van der Waals surface area (Å²) in [6, 6.07) is 1.43. The van der Waals surface area contributed by atoms with Crippen LogP contribution in [0.3, 0.4) is 0 Å². The summed E-state index contributed by atoms with van der Waals surface area (Å²) in [5.41, 5.74) is 0.557. The van der Waals surface area contributed by atoms with E-state index in [0.717, 1.165) is 5.56 Å². The third kappa shape index (κ3) is 3.99. The van der Waals surface area contributed by atoms with Gasteiger partial charge in [-0.15, -0.1) is 0 Å². The number of aromatic nitrogens is 1. The summed E-state index contributed by atoms with van der Waals surface area (Å²) in [4.78, 5) is 3.73. The first-order valence-electron chi connectivity index (χ1n) is 4.21. The zero-order valence-corrected chi connectivity index (χ0v) is 8.17. The maximum atomic E-state index is 12.7. The molecule has 0 fully saturated rings. The second-order valence-electron chi connectivity index (χ2n) is 3.91. The minimum absolute atomic E-state index is 0.202. The van der Waals surface area contributed by atoms with Gasteiger partial charge >= 0.3 is 0 Å². The first-order valence-corrected chi connectivity index (χ1v) is 4.21. The molecule has 13 heavy (non-hydrogen) atoms. The second kappa shape index (κ2) is 3.83. The summed E-state index contributed by atoms with van der Waals surface area (Å²) in [5, 5.41) is 0.